The average molecular weight is 313 g/mol. The molecule has 0 aromatic carbocycles. The van der Waals surface area contributed by atoms with E-state index in [0.717, 1.165) is 21.3 Å². The fourth-order valence-corrected chi connectivity index (χ4v) is 0.528. The van der Waals surface area contributed by atoms with Crippen LogP contribution in [0.3, 0.4) is 0 Å². The number of Topliss-reactive ketones (excluding diaryl/α,β-unsaturated/α-hetero) is 1. The van der Waals surface area contributed by atoms with Crippen molar-refractivity contribution in [2.75, 3.05) is 21.3 Å². The fourth-order valence-electron chi connectivity index (χ4n) is 0.528. The molecule has 0 aromatic rings. The van der Waals surface area contributed by atoms with Crippen LogP contribution < -0.4 is 20.4 Å². The fraction of sp³-hybridized carbons (Fsp3) is 0.778. The maximum absolute atomic E-state index is 10.4. The molecule has 16 heavy (non-hydrogen) atoms. The number of hydrogen-bond donors (Lipinski definition) is 0. The first-order valence-corrected chi connectivity index (χ1v) is 4.10. The summed E-state index contributed by atoms with van der Waals surface area (Å²) < 4.78 is 0. The first-order chi connectivity index (χ1) is 7.16. The Bertz CT molecular complexity index is 129. The predicted octanol–water partition coefficient (Wildman–Crippen LogP) is -3.58. The van der Waals surface area contributed by atoms with Gasteiger partial charge in [-0.1, -0.05) is 6.92 Å². The molecular formula is C9H18O6Zr. The number of carbonyl (C=O) groups is 2. The summed E-state index contributed by atoms with van der Waals surface area (Å²) in [5.74, 6) is -1.54. The molecule has 0 saturated carbocycles. The monoisotopic (exact) mass is 312 g/mol. The number of ketones is 1. The van der Waals surface area contributed by atoms with Crippen molar-refractivity contribution in [1.82, 2.24) is 0 Å². The minimum absolute atomic E-state index is 0. The Balaban J connectivity index is -0.0000000498. The largest absolute Gasteiger partial charge is 4.00 e. The third-order valence-electron chi connectivity index (χ3n) is 0.870. The van der Waals surface area contributed by atoms with Gasteiger partial charge in [0.2, 0.25) is 0 Å². The Morgan fingerprint density at radius 3 is 1.44 bits per heavy atom. The van der Waals surface area contributed by atoms with Gasteiger partial charge in [0.05, 0.1) is 0 Å². The maximum atomic E-state index is 10.4. The van der Waals surface area contributed by atoms with Crippen LogP contribution in [0.25, 0.3) is 0 Å². The van der Waals surface area contributed by atoms with Crippen LogP contribution in [0.4, 0.5) is 0 Å². The van der Waals surface area contributed by atoms with E-state index in [1.165, 1.54) is 0 Å². The number of carboxylic acids is 1. The van der Waals surface area contributed by atoms with Crippen molar-refractivity contribution in [3.63, 3.8) is 0 Å². The molecule has 0 spiro atoms. The zero-order valence-electron chi connectivity index (χ0n) is 10.1. The summed E-state index contributed by atoms with van der Waals surface area (Å²) in [4.78, 5) is 20.2. The smallest absolute Gasteiger partial charge is 0.857 e. The molecule has 0 aromatic heterocycles. The number of aliphatic carboxylic acids is 1. The molecule has 0 N–H and O–H groups in total. The molecule has 0 unspecified atom stereocenters. The van der Waals surface area contributed by atoms with E-state index >= 15 is 0 Å². The summed E-state index contributed by atoms with van der Waals surface area (Å²) in [7, 11) is 2.25. The van der Waals surface area contributed by atoms with Gasteiger partial charge in [0, 0.05) is 18.8 Å². The Kier molecular flexibility index (Phi) is 67.5. The van der Waals surface area contributed by atoms with Crippen molar-refractivity contribution >= 4 is 11.8 Å². The van der Waals surface area contributed by atoms with Crippen molar-refractivity contribution in [2.24, 2.45) is 0 Å². The SMILES string of the molecule is CCCC(=O)CC(=O)[O-].C[O-].C[O-].C[O-].[Zr+4]. The van der Waals surface area contributed by atoms with Gasteiger partial charge in [-0.05, 0) is 6.42 Å². The van der Waals surface area contributed by atoms with Gasteiger partial charge in [-0.15, -0.1) is 0 Å². The zero-order chi connectivity index (χ0) is 13.3. The quantitative estimate of drug-likeness (QED) is 0.494. The zero-order valence-corrected chi connectivity index (χ0v) is 12.5. The van der Waals surface area contributed by atoms with Crippen LogP contribution in [0, 0.1) is 0 Å². The van der Waals surface area contributed by atoms with Crippen molar-refractivity contribution in [3.05, 3.63) is 0 Å². The number of rotatable bonds is 4. The predicted molar refractivity (Wildman–Crippen MR) is 47.3 cm³/mol. The van der Waals surface area contributed by atoms with Gasteiger partial charge in [-0.3, -0.25) is 4.79 Å². The van der Waals surface area contributed by atoms with E-state index in [2.05, 4.69) is 0 Å². The standard InChI is InChI=1S/C6H10O3.3CH3O.Zr/c1-2-3-5(7)4-6(8)9;3*1-2;/h2-4H2,1H3,(H,8,9);3*1H3;/q;3*-1;+4/p-1. The van der Waals surface area contributed by atoms with Crippen LogP contribution in [0.1, 0.15) is 26.2 Å². The van der Waals surface area contributed by atoms with Crippen molar-refractivity contribution in [2.45, 2.75) is 26.2 Å². The molecule has 7 heteroatoms. The first-order valence-electron chi connectivity index (χ1n) is 4.10. The number of carbonyl (C=O) groups excluding carboxylic acids is 2. The van der Waals surface area contributed by atoms with E-state index < -0.39 is 12.4 Å². The first kappa shape index (κ1) is 29.7. The van der Waals surface area contributed by atoms with Crippen LogP contribution in [0.15, 0.2) is 0 Å². The van der Waals surface area contributed by atoms with Gasteiger partial charge in [-0.25, -0.2) is 0 Å². The molecule has 0 aliphatic rings. The molecule has 0 rings (SSSR count). The van der Waals surface area contributed by atoms with Crippen LogP contribution in [-0.4, -0.2) is 33.1 Å². The Morgan fingerprint density at radius 2 is 1.25 bits per heavy atom. The van der Waals surface area contributed by atoms with E-state index in [1.807, 2.05) is 6.92 Å². The van der Waals surface area contributed by atoms with Crippen molar-refractivity contribution in [3.8, 4) is 0 Å². The second-order valence-electron chi connectivity index (χ2n) is 1.84. The summed E-state index contributed by atoms with van der Waals surface area (Å²) in [6.07, 6.45) is 0.605. The second kappa shape index (κ2) is 36.3. The summed E-state index contributed by atoms with van der Waals surface area (Å²) in [5.41, 5.74) is 0. The van der Waals surface area contributed by atoms with E-state index in [0.29, 0.717) is 12.8 Å². The van der Waals surface area contributed by atoms with E-state index in [4.69, 9.17) is 15.3 Å². The van der Waals surface area contributed by atoms with Gasteiger partial charge in [0.25, 0.3) is 0 Å². The molecule has 0 amide bonds. The molecule has 0 saturated heterocycles. The second-order valence-corrected chi connectivity index (χ2v) is 1.84. The molecule has 94 valence electrons. The summed E-state index contributed by atoms with van der Waals surface area (Å²) >= 11 is 0. The Hall–Kier alpha value is -0.0969. The third kappa shape index (κ3) is 48.6. The number of hydrogen-bond acceptors (Lipinski definition) is 6. The average Bonchev–Trinajstić information content (AvgIpc) is 2.26. The summed E-state index contributed by atoms with van der Waals surface area (Å²) in [6.45, 7) is 1.83. The summed E-state index contributed by atoms with van der Waals surface area (Å²) in [5, 5.41) is 34.5. The third-order valence-corrected chi connectivity index (χ3v) is 0.870. The molecule has 0 aliphatic heterocycles. The molecule has 0 bridgehead atoms. The minimum Gasteiger partial charge on any atom is -0.857 e. The topological polar surface area (TPSA) is 126 Å². The molecule has 0 radical (unpaired) electrons. The Labute approximate surface area is 115 Å². The van der Waals surface area contributed by atoms with Gasteiger partial charge in [-0.2, -0.15) is 21.3 Å². The van der Waals surface area contributed by atoms with Gasteiger partial charge in [0.1, 0.15) is 5.78 Å². The summed E-state index contributed by atoms with van der Waals surface area (Å²) in [6, 6.07) is 0. The van der Waals surface area contributed by atoms with Gasteiger partial charge in [0.15, 0.2) is 0 Å². The normalized spacial score (nSPS) is 6.19. The molecule has 0 aliphatic carbocycles. The van der Waals surface area contributed by atoms with Crippen LogP contribution in [0.2, 0.25) is 0 Å². The molecule has 0 heterocycles. The van der Waals surface area contributed by atoms with Crippen LogP contribution in [0.5, 0.6) is 0 Å². The van der Waals surface area contributed by atoms with E-state index in [9.17, 15) is 14.7 Å². The van der Waals surface area contributed by atoms with Crippen LogP contribution in [-0.2, 0) is 35.8 Å². The van der Waals surface area contributed by atoms with Gasteiger partial charge >= 0.3 is 26.2 Å². The number of carboxylic acid groups (broad SMARTS) is 1. The minimum atomic E-state index is -1.28. The van der Waals surface area contributed by atoms with Crippen LogP contribution >= 0.6 is 0 Å². The van der Waals surface area contributed by atoms with Gasteiger partial charge < -0.3 is 25.2 Å². The Morgan fingerprint density at radius 1 is 0.938 bits per heavy atom. The van der Waals surface area contributed by atoms with E-state index in [1.54, 1.807) is 0 Å². The molecule has 0 atom stereocenters. The molecule has 0 fully saturated rings. The maximum Gasteiger partial charge on any atom is 4.00 e. The van der Waals surface area contributed by atoms with Crippen molar-refractivity contribution < 1.29 is 56.2 Å². The molecular weight excluding hydrogens is 295 g/mol. The van der Waals surface area contributed by atoms with Crippen molar-refractivity contribution in [1.29, 1.82) is 0 Å². The van der Waals surface area contributed by atoms with E-state index in [-0.39, 0.29) is 32.0 Å². The molecule has 6 nitrogen and oxygen atoms in total.